The first-order chi connectivity index (χ1) is 9.81. The van der Waals surface area contributed by atoms with Gasteiger partial charge in [-0.1, -0.05) is 6.07 Å². The molecule has 0 aromatic carbocycles. The number of amides is 1. The molecular weight excluding hydrogens is 252 g/mol. The summed E-state index contributed by atoms with van der Waals surface area (Å²) in [6.07, 6.45) is 5.63. The average Bonchev–Trinajstić information content (AvgIpc) is 2.52. The van der Waals surface area contributed by atoms with Crippen molar-refractivity contribution >= 4 is 5.91 Å². The van der Waals surface area contributed by atoms with Crippen molar-refractivity contribution in [2.24, 2.45) is 5.92 Å². The number of hydrogen-bond donors (Lipinski definition) is 1. The van der Waals surface area contributed by atoms with Gasteiger partial charge in [0.1, 0.15) is 0 Å². The van der Waals surface area contributed by atoms with Gasteiger partial charge in [0.15, 0.2) is 0 Å². The second kappa shape index (κ2) is 7.61. The van der Waals surface area contributed by atoms with Crippen molar-refractivity contribution in [3.63, 3.8) is 0 Å². The van der Waals surface area contributed by atoms with E-state index in [4.69, 9.17) is 5.26 Å². The molecule has 5 heteroatoms. The van der Waals surface area contributed by atoms with Crippen LogP contribution in [0.1, 0.15) is 24.8 Å². The van der Waals surface area contributed by atoms with Gasteiger partial charge in [0.05, 0.1) is 12.5 Å². The highest BCUT2D eigenvalue weighted by Gasteiger charge is 2.25. The predicted molar refractivity (Wildman–Crippen MR) is 75.5 cm³/mol. The molecule has 0 saturated carbocycles. The number of carbonyl (C=O) groups is 1. The molecule has 106 valence electrons. The van der Waals surface area contributed by atoms with E-state index in [0.717, 1.165) is 31.5 Å². The van der Waals surface area contributed by atoms with Crippen LogP contribution in [-0.4, -0.2) is 35.4 Å². The van der Waals surface area contributed by atoms with Crippen molar-refractivity contribution in [1.82, 2.24) is 15.2 Å². The maximum atomic E-state index is 12.6. The smallest absolute Gasteiger partial charge is 0.226 e. The number of nitriles is 1. The minimum Gasteiger partial charge on any atom is -0.337 e. The van der Waals surface area contributed by atoms with E-state index in [1.165, 1.54) is 0 Å². The van der Waals surface area contributed by atoms with Gasteiger partial charge in [0.2, 0.25) is 5.91 Å². The quantitative estimate of drug-likeness (QED) is 0.878. The maximum absolute atomic E-state index is 12.6. The fourth-order valence-corrected chi connectivity index (χ4v) is 2.49. The van der Waals surface area contributed by atoms with Crippen LogP contribution in [0.2, 0.25) is 0 Å². The van der Waals surface area contributed by atoms with E-state index in [1.807, 2.05) is 12.1 Å². The number of nitrogens with zero attached hydrogens (tertiary/aromatic N) is 3. The zero-order valence-corrected chi connectivity index (χ0v) is 11.6. The summed E-state index contributed by atoms with van der Waals surface area (Å²) in [5, 5.41) is 12.0. The molecule has 1 aliphatic heterocycles. The van der Waals surface area contributed by atoms with Gasteiger partial charge in [-0.3, -0.25) is 9.78 Å². The molecule has 0 bridgehead atoms. The Morgan fingerprint density at radius 3 is 2.95 bits per heavy atom. The fraction of sp³-hybridized carbons (Fsp3) is 0.533. The molecule has 20 heavy (non-hydrogen) atoms. The third kappa shape index (κ3) is 4.04. The number of piperidine rings is 1. The molecule has 0 atom stereocenters. The lowest BCUT2D eigenvalue weighted by Crippen LogP contribution is -2.41. The highest BCUT2D eigenvalue weighted by molar-refractivity contribution is 5.79. The number of aromatic nitrogens is 1. The number of nitrogens with one attached hydrogen (secondary N) is 1. The van der Waals surface area contributed by atoms with Gasteiger partial charge < -0.3 is 10.2 Å². The third-order valence-corrected chi connectivity index (χ3v) is 3.59. The summed E-state index contributed by atoms with van der Waals surface area (Å²) in [6, 6.07) is 5.95. The molecule has 0 radical (unpaired) electrons. The molecule has 2 heterocycles. The second-order valence-electron chi connectivity index (χ2n) is 5.05. The molecular formula is C15H20N4O. The summed E-state index contributed by atoms with van der Waals surface area (Å²) >= 11 is 0. The standard InChI is InChI=1S/C15H20N4O/c16-6-2-10-19(12-13-3-1-7-18-11-13)15(20)14-4-8-17-9-5-14/h1,3,7,11,14,17H,2,4-5,8-10,12H2. The van der Waals surface area contributed by atoms with E-state index in [9.17, 15) is 4.79 Å². The highest BCUT2D eigenvalue weighted by atomic mass is 16.2. The Morgan fingerprint density at radius 2 is 2.30 bits per heavy atom. The van der Waals surface area contributed by atoms with E-state index in [1.54, 1.807) is 17.3 Å². The molecule has 1 saturated heterocycles. The molecule has 1 aromatic heterocycles. The molecule has 1 aliphatic rings. The Balaban J connectivity index is 2.02. The van der Waals surface area contributed by atoms with E-state index >= 15 is 0 Å². The lowest BCUT2D eigenvalue weighted by atomic mass is 9.96. The summed E-state index contributed by atoms with van der Waals surface area (Å²) in [5.41, 5.74) is 1.01. The molecule has 1 aromatic rings. The zero-order valence-electron chi connectivity index (χ0n) is 11.6. The fourth-order valence-electron chi connectivity index (χ4n) is 2.49. The molecule has 2 rings (SSSR count). The Bertz CT molecular complexity index is 463. The summed E-state index contributed by atoms with van der Waals surface area (Å²) in [6.45, 7) is 2.83. The maximum Gasteiger partial charge on any atom is 0.226 e. The predicted octanol–water partition coefficient (Wildman–Crippen LogP) is 1.32. The third-order valence-electron chi connectivity index (χ3n) is 3.59. The van der Waals surface area contributed by atoms with Crippen molar-refractivity contribution in [1.29, 1.82) is 5.26 Å². The minimum absolute atomic E-state index is 0.0895. The summed E-state index contributed by atoms with van der Waals surface area (Å²) in [7, 11) is 0. The molecule has 0 aliphatic carbocycles. The van der Waals surface area contributed by atoms with Gasteiger partial charge in [-0.15, -0.1) is 0 Å². The van der Waals surface area contributed by atoms with Gasteiger partial charge in [-0.2, -0.15) is 5.26 Å². The van der Waals surface area contributed by atoms with Crippen molar-refractivity contribution in [2.45, 2.75) is 25.8 Å². The highest BCUT2D eigenvalue weighted by Crippen LogP contribution is 2.17. The van der Waals surface area contributed by atoms with Crippen LogP contribution in [0, 0.1) is 17.2 Å². The van der Waals surface area contributed by atoms with Gasteiger partial charge in [0, 0.05) is 31.4 Å². The summed E-state index contributed by atoms with van der Waals surface area (Å²) < 4.78 is 0. The van der Waals surface area contributed by atoms with Crippen LogP contribution in [0.4, 0.5) is 0 Å². The number of carbonyl (C=O) groups excluding carboxylic acids is 1. The van der Waals surface area contributed by atoms with Crippen LogP contribution in [0.5, 0.6) is 0 Å². The van der Waals surface area contributed by atoms with E-state index in [-0.39, 0.29) is 11.8 Å². The molecule has 1 N–H and O–H groups in total. The monoisotopic (exact) mass is 272 g/mol. The summed E-state index contributed by atoms with van der Waals surface area (Å²) in [5.74, 6) is 0.261. The first kappa shape index (κ1) is 14.5. The molecule has 5 nitrogen and oxygen atoms in total. The Kier molecular flexibility index (Phi) is 5.51. The van der Waals surface area contributed by atoms with Crippen LogP contribution in [0.25, 0.3) is 0 Å². The van der Waals surface area contributed by atoms with Crippen LogP contribution in [0.3, 0.4) is 0 Å². The zero-order chi connectivity index (χ0) is 14.2. The van der Waals surface area contributed by atoms with Gasteiger partial charge in [-0.05, 0) is 37.6 Å². The topological polar surface area (TPSA) is 69.0 Å². The van der Waals surface area contributed by atoms with Gasteiger partial charge in [-0.25, -0.2) is 0 Å². The van der Waals surface area contributed by atoms with Crippen molar-refractivity contribution in [3.8, 4) is 6.07 Å². The molecule has 1 amide bonds. The van der Waals surface area contributed by atoms with E-state index in [2.05, 4.69) is 16.4 Å². The molecule has 1 fully saturated rings. The Morgan fingerprint density at radius 1 is 1.50 bits per heavy atom. The van der Waals surface area contributed by atoms with Crippen molar-refractivity contribution < 1.29 is 4.79 Å². The summed E-state index contributed by atoms with van der Waals surface area (Å²) in [4.78, 5) is 18.5. The normalized spacial score (nSPS) is 15.6. The second-order valence-corrected chi connectivity index (χ2v) is 5.05. The van der Waals surface area contributed by atoms with Crippen LogP contribution < -0.4 is 5.32 Å². The Labute approximate surface area is 119 Å². The van der Waals surface area contributed by atoms with Crippen molar-refractivity contribution in [2.75, 3.05) is 19.6 Å². The van der Waals surface area contributed by atoms with Gasteiger partial charge in [0.25, 0.3) is 0 Å². The minimum atomic E-state index is 0.0895. The lowest BCUT2D eigenvalue weighted by Gasteiger charge is -2.29. The number of rotatable bonds is 5. The number of pyridine rings is 1. The lowest BCUT2D eigenvalue weighted by molar-refractivity contribution is -0.137. The first-order valence-electron chi connectivity index (χ1n) is 7.06. The first-order valence-corrected chi connectivity index (χ1v) is 7.06. The average molecular weight is 272 g/mol. The van der Waals surface area contributed by atoms with Crippen LogP contribution in [0.15, 0.2) is 24.5 Å². The van der Waals surface area contributed by atoms with Crippen molar-refractivity contribution in [3.05, 3.63) is 30.1 Å². The van der Waals surface area contributed by atoms with Crippen LogP contribution >= 0.6 is 0 Å². The Hall–Kier alpha value is -1.93. The SMILES string of the molecule is N#CCCN(Cc1cccnc1)C(=O)C1CCNCC1. The number of hydrogen-bond acceptors (Lipinski definition) is 4. The molecule has 0 unspecified atom stereocenters. The van der Waals surface area contributed by atoms with Crippen LogP contribution in [-0.2, 0) is 11.3 Å². The molecule has 0 spiro atoms. The van der Waals surface area contributed by atoms with E-state index < -0.39 is 0 Å². The van der Waals surface area contributed by atoms with E-state index in [0.29, 0.717) is 19.5 Å². The largest absolute Gasteiger partial charge is 0.337 e. The van der Waals surface area contributed by atoms with Gasteiger partial charge >= 0.3 is 0 Å².